The highest BCUT2D eigenvalue weighted by atomic mass is 16.6. The third-order valence-corrected chi connectivity index (χ3v) is 2.43. The number of epoxide rings is 1. The van der Waals surface area contributed by atoms with Crippen LogP contribution in [0.1, 0.15) is 23.3 Å². The van der Waals surface area contributed by atoms with Gasteiger partial charge < -0.3 is 4.74 Å². The third-order valence-electron chi connectivity index (χ3n) is 2.43. The summed E-state index contributed by atoms with van der Waals surface area (Å²) in [5, 5.41) is 11.4. The van der Waals surface area contributed by atoms with E-state index in [1.165, 1.54) is 0 Å². The normalized spacial score (nSPS) is 38.1. The summed E-state index contributed by atoms with van der Waals surface area (Å²) in [6, 6.07) is 7.75. The summed E-state index contributed by atoms with van der Waals surface area (Å²) in [5.74, 6) is 0. The second kappa shape index (κ2) is 1.65. The Kier molecular flexibility index (Phi) is 0.864. The maximum atomic E-state index is 11.4. The maximum Gasteiger partial charge on any atom is 0.147 e. The van der Waals surface area contributed by atoms with Gasteiger partial charge in [0.2, 0.25) is 0 Å². The van der Waals surface area contributed by atoms with Crippen molar-refractivity contribution in [1.82, 2.24) is 0 Å². The summed E-state index contributed by atoms with van der Waals surface area (Å²) in [6.07, 6.45) is -0.544. The molecule has 3 rings (SSSR count). The summed E-state index contributed by atoms with van der Waals surface area (Å²) in [5.41, 5.74) is 2.05. The zero-order chi connectivity index (χ0) is 7.42. The van der Waals surface area contributed by atoms with Crippen LogP contribution in [-0.2, 0) is 9.84 Å². The molecule has 0 amide bonds. The molecular formula is C9H7O2. The molecule has 1 fully saturated rings. The van der Waals surface area contributed by atoms with Crippen LogP contribution in [0, 0.1) is 0 Å². The molecule has 0 spiro atoms. The van der Waals surface area contributed by atoms with Crippen molar-refractivity contribution in [3.63, 3.8) is 0 Å². The maximum absolute atomic E-state index is 11.4. The summed E-state index contributed by atoms with van der Waals surface area (Å²) < 4.78 is 5.18. The molecule has 0 bridgehead atoms. The number of benzene rings is 1. The molecule has 1 aliphatic heterocycles. The van der Waals surface area contributed by atoms with Crippen LogP contribution in [0.3, 0.4) is 0 Å². The van der Waals surface area contributed by atoms with Gasteiger partial charge in [0, 0.05) is 0 Å². The number of rotatable bonds is 0. The number of hydrogen-bond donors (Lipinski definition) is 0. The Morgan fingerprint density at radius 3 is 2.64 bits per heavy atom. The lowest BCUT2D eigenvalue weighted by atomic mass is 10.1. The van der Waals surface area contributed by atoms with E-state index >= 15 is 0 Å². The van der Waals surface area contributed by atoms with Crippen LogP contribution in [0.25, 0.3) is 0 Å². The van der Waals surface area contributed by atoms with Gasteiger partial charge in [-0.1, -0.05) is 24.3 Å². The second-order valence-corrected chi connectivity index (χ2v) is 3.07. The summed E-state index contributed by atoms with van der Waals surface area (Å²) >= 11 is 0. The molecule has 0 aromatic heterocycles. The van der Waals surface area contributed by atoms with Crippen LogP contribution < -0.4 is 0 Å². The first-order valence-corrected chi connectivity index (χ1v) is 3.78. The van der Waals surface area contributed by atoms with Crippen molar-refractivity contribution < 1.29 is 9.84 Å². The van der Waals surface area contributed by atoms with Gasteiger partial charge >= 0.3 is 0 Å². The number of fused-ring (bicyclic) bond motifs is 3. The summed E-state index contributed by atoms with van der Waals surface area (Å²) in [7, 11) is 0. The minimum absolute atomic E-state index is 0.0487. The van der Waals surface area contributed by atoms with Crippen molar-refractivity contribution in [3.8, 4) is 0 Å². The molecule has 1 heterocycles. The van der Waals surface area contributed by atoms with Crippen molar-refractivity contribution in [2.45, 2.75) is 18.3 Å². The van der Waals surface area contributed by atoms with Gasteiger partial charge in [0.1, 0.15) is 18.3 Å². The molecular weight excluding hydrogens is 140 g/mol. The van der Waals surface area contributed by atoms with E-state index in [2.05, 4.69) is 0 Å². The first kappa shape index (κ1) is 5.75. The van der Waals surface area contributed by atoms with Crippen LogP contribution in [0.2, 0.25) is 0 Å². The molecule has 11 heavy (non-hydrogen) atoms. The fraction of sp³-hybridized carbons (Fsp3) is 0.333. The van der Waals surface area contributed by atoms with Crippen LogP contribution in [-0.4, -0.2) is 6.10 Å². The van der Waals surface area contributed by atoms with Crippen molar-refractivity contribution in [3.05, 3.63) is 35.4 Å². The molecule has 1 aromatic rings. The van der Waals surface area contributed by atoms with Gasteiger partial charge in [0.15, 0.2) is 0 Å². The molecule has 1 radical (unpaired) electrons. The van der Waals surface area contributed by atoms with Crippen molar-refractivity contribution in [2.75, 3.05) is 0 Å². The van der Waals surface area contributed by atoms with Gasteiger partial charge in [0.25, 0.3) is 0 Å². The molecule has 2 aliphatic rings. The van der Waals surface area contributed by atoms with Gasteiger partial charge in [-0.25, -0.2) is 5.11 Å². The lowest BCUT2D eigenvalue weighted by molar-refractivity contribution is 0.0608. The molecule has 0 saturated carbocycles. The molecule has 55 valence electrons. The Labute approximate surface area is 64.4 Å². The lowest BCUT2D eigenvalue weighted by Gasteiger charge is -2.03. The first-order valence-electron chi connectivity index (χ1n) is 3.78. The van der Waals surface area contributed by atoms with Crippen molar-refractivity contribution >= 4 is 0 Å². The highest BCUT2D eigenvalue weighted by Gasteiger charge is 2.54. The molecule has 0 N–H and O–H groups in total. The molecule has 2 heteroatoms. The Morgan fingerprint density at radius 1 is 1.18 bits per heavy atom. The molecule has 3 unspecified atom stereocenters. The Morgan fingerprint density at radius 2 is 1.91 bits per heavy atom. The topological polar surface area (TPSA) is 32.4 Å². The van der Waals surface area contributed by atoms with Gasteiger partial charge in [-0.3, -0.25) is 0 Å². The van der Waals surface area contributed by atoms with Gasteiger partial charge in [-0.15, -0.1) is 0 Å². The van der Waals surface area contributed by atoms with Gasteiger partial charge in [-0.05, 0) is 11.1 Å². The van der Waals surface area contributed by atoms with Crippen LogP contribution in [0.5, 0.6) is 0 Å². The van der Waals surface area contributed by atoms with E-state index in [0.29, 0.717) is 0 Å². The molecule has 1 saturated heterocycles. The lowest BCUT2D eigenvalue weighted by Crippen LogP contribution is -1.98. The Balaban J connectivity index is 2.22. The second-order valence-electron chi connectivity index (χ2n) is 3.07. The predicted molar refractivity (Wildman–Crippen MR) is 37.5 cm³/mol. The van der Waals surface area contributed by atoms with E-state index in [-0.39, 0.29) is 12.2 Å². The Bertz CT molecular complexity index is 293. The van der Waals surface area contributed by atoms with Gasteiger partial charge in [0.05, 0.1) is 0 Å². The quantitative estimate of drug-likeness (QED) is 0.513. The third kappa shape index (κ3) is 0.588. The monoisotopic (exact) mass is 147 g/mol. The number of ether oxygens (including phenoxy) is 1. The fourth-order valence-corrected chi connectivity index (χ4v) is 1.81. The SMILES string of the molecule is [O]C1c2ccccc2C2OC12. The standard InChI is InChI=1S/C9H7O2/c10-7-5-3-1-2-4-6(5)8-9(7)11-8/h1-4,7-9H. The van der Waals surface area contributed by atoms with Crippen molar-refractivity contribution in [1.29, 1.82) is 0 Å². The number of hydrogen-bond acceptors (Lipinski definition) is 1. The average Bonchev–Trinajstić information content (AvgIpc) is 2.78. The highest BCUT2D eigenvalue weighted by molar-refractivity contribution is 5.41. The summed E-state index contributed by atoms with van der Waals surface area (Å²) in [6.45, 7) is 0. The van der Waals surface area contributed by atoms with Gasteiger partial charge in [-0.2, -0.15) is 0 Å². The predicted octanol–water partition coefficient (Wildman–Crippen LogP) is 1.61. The Hall–Kier alpha value is -0.860. The minimum atomic E-state index is -0.629. The van der Waals surface area contributed by atoms with Crippen LogP contribution in [0.4, 0.5) is 0 Å². The smallest absolute Gasteiger partial charge is 0.147 e. The minimum Gasteiger partial charge on any atom is -0.361 e. The molecule has 1 aromatic carbocycles. The van der Waals surface area contributed by atoms with Crippen LogP contribution in [0.15, 0.2) is 24.3 Å². The molecule has 2 nitrogen and oxygen atoms in total. The zero-order valence-electron chi connectivity index (χ0n) is 5.86. The zero-order valence-corrected chi connectivity index (χ0v) is 5.86. The average molecular weight is 147 g/mol. The highest BCUT2D eigenvalue weighted by Crippen LogP contribution is 2.54. The van der Waals surface area contributed by atoms with E-state index in [0.717, 1.165) is 11.1 Å². The summed E-state index contributed by atoms with van der Waals surface area (Å²) in [4.78, 5) is 0. The van der Waals surface area contributed by atoms with E-state index in [9.17, 15) is 5.11 Å². The van der Waals surface area contributed by atoms with E-state index in [4.69, 9.17) is 4.74 Å². The van der Waals surface area contributed by atoms with E-state index < -0.39 is 6.10 Å². The molecule has 3 atom stereocenters. The van der Waals surface area contributed by atoms with E-state index in [1.54, 1.807) is 0 Å². The molecule has 1 aliphatic carbocycles. The fourth-order valence-electron chi connectivity index (χ4n) is 1.81. The largest absolute Gasteiger partial charge is 0.361 e. The van der Waals surface area contributed by atoms with Crippen molar-refractivity contribution in [2.24, 2.45) is 0 Å². The van der Waals surface area contributed by atoms with E-state index in [1.807, 2.05) is 24.3 Å². The van der Waals surface area contributed by atoms with Crippen LogP contribution >= 0.6 is 0 Å². The first-order chi connectivity index (χ1) is 5.38.